The Morgan fingerprint density at radius 3 is 2.81 bits per heavy atom. The summed E-state index contributed by atoms with van der Waals surface area (Å²) in [5.74, 6) is 0. The summed E-state index contributed by atoms with van der Waals surface area (Å²) in [6.45, 7) is 1.79. The minimum Gasteiger partial charge on any atom is -0.359 e. The van der Waals surface area contributed by atoms with Gasteiger partial charge in [0, 0.05) is 6.54 Å². The van der Waals surface area contributed by atoms with Crippen LogP contribution in [0.2, 0.25) is 0 Å². The number of nitrogens with zero attached hydrogens (tertiary/aromatic N) is 2. The smallest absolute Gasteiger partial charge is 0.359 e. The molecule has 0 unspecified atom stereocenters. The Morgan fingerprint density at radius 2 is 2.25 bits per heavy atom. The highest BCUT2D eigenvalue weighted by atomic mass is 19.4. The molecule has 0 saturated carbocycles. The van der Waals surface area contributed by atoms with Gasteiger partial charge in [0.25, 0.3) is 0 Å². The molecule has 2 heterocycles. The maximum atomic E-state index is 12.3. The molecule has 0 spiro atoms. The lowest BCUT2D eigenvalue weighted by atomic mass is 10.3. The summed E-state index contributed by atoms with van der Waals surface area (Å²) in [6, 6.07) is 1.03. The fourth-order valence-electron chi connectivity index (χ4n) is 1.46. The summed E-state index contributed by atoms with van der Waals surface area (Å²) in [7, 11) is 0. The molecule has 1 aliphatic rings. The third-order valence-electron chi connectivity index (χ3n) is 2.19. The van der Waals surface area contributed by atoms with E-state index in [0.29, 0.717) is 18.9 Å². The highest BCUT2D eigenvalue weighted by Gasteiger charge is 2.33. The molecular formula is C9H11F3N4. The van der Waals surface area contributed by atoms with Crippen molar-refractivity contribution in [1.29, 1.82) is 0 Å². The van der Waals surface area contributed by atoms with Crippen molar-refractivity contribution in [3.05, 3.63) is 29.7 Å². The molecule has 1 aromatic rings. The third-order valence-corrected chi connectivity index (χ3v) is 2.19. The monoisotopic (exact) mass is 232 g/mol. The van der Waals surface area contributed by atoms with Crippen LogP contribution in [0.1, 0.15) is 11.4 Å². The SMILES string of the molecule is FC(F)(F)c1cc(CN2C=CCNC2)[nH]n1. The zero-order valence-corrected chi connectivity index (χ0v) is 8.38. The molecule has 0 atom stereocenters. The van der Waals surface area contributed by atoms with Gasteiger partial charge < -0.3 is 4.90 Å². The number of halogens is 3. The van der Waals surface area contributed by atoms with Gasteiger partial charge in [-0.25, -0.2) is 0 Å². The average Bonchev–Trinajstić information content (AvgIpc) is 2.67. The largest absolute Gasteiger partial charge is 0.435 e. The van der Waals surface area contributed by atoms with Crippen LogP contribution < -0.4 is 5.32 Å². The average molecular weight is 232 g/mol. The summed E-state index contributed by atoms with van der Waals surface area (Å²) in [5, 5.41) is 8.69. The molecule has 0 radical (unpaired) electrons. The minimum atomic E-state index is -4.38. The number of hydrogen-bond acceptors (Lipinski definition) is 3. The van der Waals surface area contributed by atoms with Gasteiger partial charge in [-0.1, -0.05) is 6.08 Å². The molecule has 16 heavy (non-hydrogen) atoms. The van der Waals surface area contributed by atoms with Crippen molar-refractivity contribution in [2.24, 2.45) is 0 Å². The van der Waals surface area contributed by atoms with E-state index in [0.717, 1.165) is 12.6 Å². The van der Waals surface area contributed by atoms with E-state index < -0.39 is 11.9 Å². The molecule has 2 N–H and O–H groups in total. The number of rotatable bonds is 2. The quantitative estimate of drug-likeness (QED) is 0.807. The maximum absolute atomic E-state index is 12.3. The van der Waals surface area contributed by atoms with Crippen LogP contribution in [0.4, 0.5) is 13.2 Å². The summed E-state index contributed by atoms with van der Waals surface area (Å²) < 4.78 is 36.8. The minimum absolute atomic E-state index is 0.382. The molecule has 0 fully saturated rings. The summed E-state index contributed by atoms with van der Waals surface area (Å²) in [4.78, 5) is 1.86. The highest BCUT2D eigenvalue weighted by molar-refractivity contribution is 5.12. The second kappa shape index (κ2) is 4.17. The fraction of sp³-hybridized carbons (Fsp3) is 0.444. The van der Waals surface area contributed by atoms with E-state index >= 15 is 0 Å². The number of H-pyrrole nitrogens is 1. The third kappa shape index (κ3) is 2.54. The van der Waals surface area contributed by atoms with Crippen molar-refractivity contribution >= 4 is 0 Å². The van der Waals surface area contributed by atoms with Crippen LogP contribution in [0.15, 0.2) is 18.3 Å². The first kappa shape index (κ1) is 11.0. The van der Waals surface area contributed by atoms with Crippen molar-refractivity contribution in [2.45, 2.75) is 12.7 Å². The summed E-state index contributed by atoms with van der Waals surface area (Å²) in [6.07, 6.45) is -0.625. The Morgan fingerprint density at radius 1 is 1.44 bits per heavy atom. The number of hydrogen-bond donors (Lipinski definition) is 2. The molecule has 88 valence electrons. The van der Waals surface area contributed by atoms with E-state index in [1.807, 2.05) is 17.2 Å². The van der Waals surface area contributed by atoms with Gasteiger partial charge >= 0.3 is 6.18 Å². The van der Waals surface area contributed by atoms with Gasteiger partial charge in [-0.2, -0.15) is 18.3 Å². The van der Waals surface area contributed by atoms with Gasteiger partial charge in [0.1, 0.15) is 0 Å². The van der Waals surface area contributed by atoms with Gasteiger partial charge in [0.2, 0.25) is 0 Å². The highest BCUT2D eigenvalue weighted by Crippen LogP contribution is 2.27. The Hall–Kier alpha value is -1.50. The fourth-order valence-corrected chi connectivity index (χ4v) is 1.46. The zero-order chi connectivity index (χ0) is 11.6. The maximum Gasteiger partial charge on any atom is 0.435 e. The molecule has 7 heteroatoms. The van der Waals surface area contributed by atoms with Gasteiger partial charge in [-0.3, -0.25) is 10.4 Å². The van der Waals surface area contributed by atoms with Crippen LogP contribution in [0.5, 0.6) is 0 Å². The molecule has 0 saturated heterocycles. The molecule has 0 aromatic carbocycles. The van der Waals surface area contributed by atoms with Crippen LogP contribution in [-0.2, 0) is 12.7 Å². The molecule has 4 nitrogen and oxygen atoms in total. The van der Waals surface area contributed by atoms with Gasteiger partial charge in [0.05, 0.1) is 18.9 Å². The predicted molar refractivity (Wildman–Crippen MR) is 51.1 cm³/mol. The molecule has 0 amide bonds. The lowest BCUT2D eigenvalue weighted by Crippen LogP contribution is -2.33. The molecule has 0 bridgehead atoms. The first-order valence-corrected chi connectivity index (χ1v) is 4.78. The van der Waals surface area contributed by atoms with Gasteiger partial charge in [0.15, 0.2) is 5.69 Å². The van der Waals surface area contributed by atoms with E-state index in [9.17, 15) is 13.2 Å². The Balaban J connectivity index is 2.02. The first-order valence-electron chi connectivity index (χ1n) is 4.78. The predicted octanol–water partition coefficient (Wildman–Crippen LogP) is 1.30. The van der Waals surface area contributed by atoms with E-state index in [1.165, 1.54) is 0 Å². The van der Waals surface area contributed by atoms with Gasteiger partial charge in [-0.05, 0) is 12.3 Å². The summed E-state index contributed by atoms with van der Waals surface area (Å²) >= 11 is 0. The molecular weight excluding hydrogens is 221 g/mol. The standard InChI is InChI=1S/C9H11F3N4/c10-9(11,12)8-4-7(14-15-8)5-16-3-1-2-13-6-16/h1,3-4,13H,2,5-6H2,(H,14,15). The first-order chi connectivity index (χ1) is 7.55. The molecule has 1 aliphatic heterocycles. The van der Waals surface area contributed by atoms with E-state index in [2.05, 4.69) is 15.5 Å². The number of alkyl halides is 3. The van der Waals surface area contributed by atoms with Crippen molar-refractivity contribution in [1.82, 2.24) is 20.4 Å². The van der Waals surface area contributed by atoms with Crippen LogP contribution in [0, 0.1) is 0 Å². The molecule has 2 rings (SSSR count). The lowest BCUT2D eigenvalue weighted by molar-refractivity contribution is -0.141. The number of nitrogens with one attached hydrogen (secondary N) is 2. The topological polar surface area (TPSA) is 44.0 Å². The van der Waals surface area contributed by atoms with E-state index in [4.69, 9.17) is 0 Å². The van der Waals surface area contributed by atoms with E-state index in [-0.39, 0.29) is 0 Å². The van der Waals surface area contributed by atoms with Gasteiger partial charge in [-0.15, -0.1) is 0 Å². The van der Waals surface area contributed by atoms with Crippen molar-refractivity contribution in [2.75, 3.05) is 13.2 Å². The summed E-state index contributed by atoms with van der Waals surface area (Å²) in [5.41, 5.74) is -0.433. The van der Waals surface area contributed by atoms with Crippen molar-refractivity contribution < 1.29 is 13.2 Å². The molecule has 0 aliphatic carbocycles. The Labute approximate surface area is 90.1 Å². The van der Waals surface area contributed by atoms with Crippen molar-refractivity contribution in [3.63, 3.8) is 0 Å². The lowest BCUT2D eigenvalue weighted by Gasteiger charge is -2.23. The Kier molecular flexibility index (Phi) is 2.86. The number of aromatic nitrogens is 2. The van der Waals surface area contributed by atoms with Crippen LogP contribution in [0.3, 0.4) is 0 Å². The Bertz CT molecular complexity index is 382. The van der Waals surface area contributed by atoms with E-state index in [1.54, 1.807) is 0 Å². The second-order valence-corrected chi connectivity index (χ2v) is 3.52. The van der Waals surface area contributed by atoms with Crippen LogP contribution >= 0.6 is 0 Å². The zero-order valence-electron chi connectivity index (χ0n) is 8.38. The van der Waals surface area contributed by atoms with Crippen LogP contribution in [-0.4, -0.2) is 28.3 Å². The normalized spacial score (nSPS) is 16.8. The molecule has 1 aromatic heterocycles. The van der Waals surface area contributed by atoms with Crippen molar-refractivity contribution in [3.8, 4) is 0 Å². The number of aromatic amines is 1. The van der Waals surface area contributed by atoms with Crippen LogP contribution in [0.25, 0.3) is 0 Å². The second-order valence-electron chi connectivity index (χ2n) is 3.52.